The molecule has 0 aliphatic heterocycles. The number of aromatic nitrogens is 4. The SMILES string of the molecule is CCNC(=O)NC(=O)Cn1c(Cl)nc2c1c(=O)n(C)c(=O)n2C. The van der Waals surface area contributed by atoms with Crippen LogP contribution in [0.3, 0.4) is 0 Å². The number of nitrogens with one attached hydrogen (secondary N) is 2. The number of hydrogen-bond acceptors (Lipinski definition) is 5. The van der Waals surface area contributed by atoms with Crippen LogP contribution in [0, 0.1) is 0 Å². The molecule has 2 N–H and O–H groups in total. The summed E-state index contributed by atoms with van der Waals surface area (Å²) in [5, 5.41) is 4.37. The lowest BCUT2D eigenvalue weighted by Crippen LogP contribution is -2.41. The first-order valence-electron chi connectivity index (χ1n) is 6.67. The minimum absolute atomic E-state index is 0.00523. The second-order valence-corrected chi connectivity index (χ2v) is 5.09. The van der Waals surface area contributed by atoms with Gasteiger partial charge in [0.05, 0.1) is 0 Å². The number of rotatable bonds is 3. The minimum Gasteiger partial charge on any atom is -0.338 e. The molecule has 0 saturated heterocycles. The molecular formula is C12H15ClN6O4. The van der Waals surface area contributed by atoms with Crippen LogP contribution in [0.2, 0.25) is 5.28 Å². The average molecular weight is 343 g/mol. The maximum Gasteiger partial charge on any atom is 0.332 e. The number of amides is 3. The molecule has 0 aliphatic rings. The van der Waals surface area contributed by atoms with Gasteiger partial charge in [-0.2, -0.15) is 4.98 Å². The summed E-state index contributed by atoms with van der Waals surface area (Å²) in [7, 11) is 2.75. The Hall–Kier alpha value is -2.62. The van der Waals surface area contributed by atoms with Crippen molar-refractivity contribution < 1.29 is 9.59 Å². The summed E-state index contributed by atoms with van der Waals surface area (Å²) >= 11 is 5.97. The Morgan fingerprint density at radius 2 is 1.87 bits per heavy atom. The number of hydrogen-bond donors (Lipinski definition) is 2. The number of carbonyl (C=O) groups is 2. The van der Waals surface area contributed by atoms with E-state index in [0.29, 0.717) is 6.54 Å². The van der Waals surface area contributed by atoms with Crippen molar-refractivity contribution in [1.82, 2.24) is 29.3 Å². The smallest absolute Gasteiger partial charge is 0.332 e. The Morgan fingerprint density at radius 1 is 1.22 bits per heavy atom. The van der Waals surface area contributed by atoms with Crippen molar-refractivity contribution in [3.05, 3.63) is 26.1 Å². The maximum absolute atomic E-state index is 12.3. The van der Waals surface area contributed by atoms with Gasteiger partial charge in [0.2, 0.25) is 11.2 Å². The number of nitrogens with zero attached hydrogens (tertiary/aromatic N) is 4. The molecule has 0 atom stereocenters. The molecular weight excluding hydrogens is 328 g/mol. The van der Waals surface area contributed by atoms with E-state index >= 15 is 0 Å². The molecule has 0 saturated carbocycles. The number of urea groups is 1. The second kappa shape index (κ2) is 6.24. The molecule has 124 valence electrons. The van der Waals surface area contributed by atoms with Crippen LogP contribution < -0.4 is 21.9 Å². The van der Waals surface area contributed by atoms with Gasteiger partial charge in [-0.1, -0.05) is 0 Å². The Balaban J connectivity index is 2.48. The molecule has 0 unspecified atom stereocenters. The summed E-state index contributed by atoms with van der Waals surface area (Å²) in [6.45, 7) is 1.67. The Kier molecular flexibility index (Phi) is 4.55. The molecule has 0 bridgehead atoms. The zero-order chi connectivity index (χ0) is 17.3. The van der Waals surface area contributed by atoms with Gasteiger partial charge in [0.25, 0.3) is 5.56 Å². The fourth-order valence-electron chi connectivity index (χ4n) is 2.08. The van der Waals surface area contributed by atoms with Crippen LogP contribution in [0.5, 0.6) is 0 Å². The number of imidazole rings is 1. The van der Waals surface area contributed by atoms with Crippen LogP contribution in [-0.4, -0.2) is 37.2 Å². The van der Waals surface area contributed by atoms with Crippen LogP contribution >= 0.6 is 11.6 Å². The number of fused-ring (bicyclic) bond motifs is 1. The molecule has 2 aromatic rings. The second-order valence-electron chi connectivity index (χ2n) is 4.75. The molecule has 2 heterocycles. The zero-order valence-corrected chi connectivity index (χ0v) is 13.5. The Morgan fingerprint density at radius 3 is 2.48 bits per heavy atom. The van der Waals surface area contributed by atoms with Gasteiger partial charge in [-0.15, -0.1) is 0 Å². The first-order chi connectivity index (χ1) is 10.8. The summed E-state index contributed by atoms with van der Waals surface area (Å²) in [6, 6.07) is -0.654. The lowest BCUT2D eigenvalue weighted by Gasteiger charge is -2.08. The third-order valence-electron chi connectivity index (χ3n) is 3.19. The fourth-order valence-corrected chi connectivity index (χ4v) is 2.30. The van der Waals surface area contributed by atoms with Gasteiger partial charge in [-0.05, 0) is 18.5 Å². The number of carbonyl (C=O) groups excluding carboxylic acids is 2. The molecule has 0 radical (unpaired) electrons. The zero-order valence-electron chi connectivity index (χ0n) is 12.7. The topological polar surface area (TPSA) is 120 Å². The van der Waals surface area contributed by atoms with Gasteiger partial charge in [0.1, 0.15) is 6.54 Å². The quantitative estimate of drug-likeness (QED) is 0.688. The summed E-state index contributed by atoms with van der Waals surface area (Å²) in [6.07, 6.45) is 0. The third kappa shape index (κ3) is 2.97. The van der Waals surface area contributed by atoms with Gasteiger partial charge in [0, 0.05) is 20.6 Å². The average Bonchev–Trinajstić information content (AvgIpc) is 2.80. The molecule has 23 heavy (non-hydrogen) atoms. The first kappa shape index (κ1) is 16.7. The molecule has 11 heteroatoms. The van der Waals surface area contributed by atoms with Crippen molar-refractivity contribution in [3.63, 3.8) is 0 Å². The number of imide groups is 1. The van der Waals surface area contributed by atoms with Crippen molar-refractivity contribution in [1.29, 1.82) is 0 Å². The Labute approximate surface area is 134 Å². The van der Waals surface area contributed by atoms with Gasteiger partial charge in [-0.3, -0.25) is 28.6 Å². The highest BCUT2D eigenvalue weighted by Gasteiger charge is 2.20. The Bertz CT molecular complexity index is 909. The van der Waals surface area contributed by atoms with Crippen LogP contribution in [0.4, 0.5) is 4.79 Å². The van der Waals surface area contributed by atoms with E-state index in [9.17, 15) is 19.2 Å². The van der Waals surface area contributed by atoms with E-state index in [1.165, 1.54) is 14.1 Å². The summed E-state index contributed by atoms with van der Waals surface area (Å²) in [5.74, 6) is -0.673. The summed E-state index contributed by atoms with van der Waals surface area (Å²) in [4.78, 5) is 51.3. The summed E-state index contributed by atoms with van der Waals surface area (Å²) < 4.78 is 3.19. The largest absolute Gasteiger partial charge is 0.338 e. The fraction of sp³-hybridized carbons (Fsp3) is 0.417. The van der Waals surface area contributed by atoms with Crippen molar-refractivity contribution in [2.24, 2.45) is 14.1 Å². The monoisotopic (exact) mass is 342 g/mol. The van der Waals surface area contributed by atoms with E-state index < -0.39 is 23.2 Å². The minimum atomic E-state index is -0.673. The van der Waals surface area contributed by atoms with E-state index in [2.05, 4.69) is 15.6 Å². The van der Waals surface area contributed by atoms with Crippen molar-refractivity contribution in [3.8, 4) is 0 Å². The molecule has 0 spiro atoms. The lowest BCUT2D eigenvalue weighted by atomic mass is 10.4. The number of aryl methyl sites for hydroxylation is 1. The maximum atomic E-state index is 12.3. The highest BCUT2D eigenvalue weighted by molar-refractivity contribution is 6.29. The van der Waals surface area contributed by atoms with E-state index in [4.69, 9.17) is 11.6 Å². The number of halogens is 1. The van der Waals surface area contributed by atoms with Gasteiger partial charge < -0.3 is 5.32 Å². The molecule has 0 aliphatic carbocycles. The highest BCUT2D eigenvalue weighted by Crippen LogP contribution is 2.15. The van der Waals surface area contributed by atoms with E-state index in [0.717, 1.165) is 13.7 Å². The molecule has 2 rings (SSSR count). The highest BCUT2D eigenvalue weighted by atomic mass is 35.5. The molecule has 3 amide bonds. The van der Waals surface area contributed by atoms with E-state index in [1.807, 2.05) is 0 Å². The van der Waals surface area contributed by atoms with Gasteiger partial charge >= 0.3 is 11.7 Å². The standard InChI is InChI=1S/C12H15ClN6O4/c1-4-14-11(22)15-6(20)5-19-7-8(16-10(19)13)17(2)12(23)18(3)9(7)21/h4-5H2,1-3H3,(H2,14,15,20,22). The van der Waals surface area contributed by atoms with Gasteiger partial charge in [-0.25, -0.2) is 9.59 Å². The lowest BCUT2D eigenvalue weighted by molar-refractivity contribution is -0.120. The van der Waals surface area contributed by atoms with Crippen molar-refractivity contribution >= 4 is 34.7 Å². The molecule has 2 aromatic heterocycles. The van der Waals surface area contributed by atoms with E-state index in [1.54, 1.807) is 6.92 Å². The van der Waals surface area contributed by atoms with Crippen LogP contribution in [-0.2, 0) is 25.4 Å². The van der Waals surface area contributed by atoms with Crippen LogP contribution in [0.15, 0.2) is 9.59 Å². The predicted octanol–water partition coefficient (Wildman–Crippen LogP) is -1.07. The van der Waals surface area contributed by atoms with E-state index in [-0.39, 0.29) is 23.0 Å². The molecule has 0 fully saturated rings. The summed E-state index contributed by atoms with van der Waals surface area (Å²) in [5.41, 5.74) is -1.12. The van der Waals surface area contributed by atoms with Crippen LogP contribution in [0.1, 0.15) is 6.92 Å². The van der Waals surface area contributed by atoms with Gasteiger partial charge in [0.15, 0.2) is 11.2 Å². The van der Waals surface area contributed by atoms with Crippen molar-refractivity contribution in [2.45, 2.75) is 13.5 Å². The van der Waals surface area contributed by atoms with Crippen LogP contribution in [0.25, 0.3) is 11.2 Å². The predicted molar refractivity (Wildman–Crippen MR) is 82.4 cm³/mol. The normalized spacial score (nSPS) is 10.8. The third-order valence-corrected chi connectivity index (χ3v) is 3.48. The molecule has 10 nitrogen and oxygen atoms in total. The first-order valence-corrected chi connectivity index (χ1v) is 7.05. The van der Waals surface area contributed by atoms with Crippen molar-refractivity contribution in [2.75, 3.05) is 6.54 Å². The molecule has 0 aromatic carbocycles.